The maximum absolute atomic E-state index is 6.70. The van der Waals surface area contributed by atoms with Crippen molar-refractivity contribution in [1.82, 2.24) is 0 Å². The van der Waals surface area contributed by atoms with Gasteiger partial charge in [0.25, 0.3) is 0 Å². The maximum Gasteiger partial charge on any atom is 0.205 e. The van der Waals surface area contributed by atoms with Gasteiger partial charge in [-0.1, -0.05) is 110 Å². The summed E-state index contributed by atoms with van der Waals surface area (Å²) < 4.78 is 13.4. The van der Waals surface area contributed by atoms with Crippen molar-refractivity contribution in [3.63, 3.8) is 0 Å². The smallest absolute Gasteiger partial charge is 0.205 e. The van der Waals surface area contributed by atoms with Gasteiger partial charge in [0.1, 0.15) is 0 Å². The van der Waals surface area contributed by atoms with Gasteiger partial charge in [0.2, 0.25) is 8.38 Å². The zero-order chi connectivity index (χ0) is 21.2. The Hall–Kier alpha value is -0.430. The summed E-state index contributed by atoms with van der Waals surface area (Å²) in [5, 5.41) is 1.23. The van der Waals surface area contributed by atoms with E-state index in [4.69, 9.17) is 9.05 Å². The Bertz CT molecular complexity index is 441. The molecule has 2 nitrogen and oxygen atoms in total. The fraction of sp³-hybridized carbons (Fsp3) is 0.769. The molecule has 0 radical (unpaired) electrons. The van der Waals surface area contributed by atoms with Crippen LogP contribution in [0.1, 0.15) is 118 Å². The van der Waals surface area contributed by atoms with Gasteiger partial charge in [-0.05, 0) is 37.8 Å². The van der Waals surface area contributed by atoms with Gasteiger partial charge in [-0.25, -0.2) is 0 Å². The summed E-state index contributed by atoms with van der Waals surface area (Å²) >= 11 is 0. The molecule has 2 atom stereocenters. The molecule has 1 aromatic carbocycles. The summed E-state index contributed by atoms with van der Waals surface area (Å²) in [7, 11) is -1.01. The topological polar surface area (TPSA) is 18.5 Å². The number of unbranched alkanes of at least 4 members (excludes halogenated alkanes) is 6. The van der Waals surface area contributed by atoms with Crippen LogP contribution in [0.4, 0.5) is 0 Å². The van der Waals surface area contributed by atoms with Crippen molar-refractivity contribution in [3.05, 3.63) is 30.3 Å². The molecule has 0 aliphatic rings. The second-order valence-electron chi connectivity index (χ2n) is 8.32. The Morgan fingerprint density at radius 3 is 1.48 bits per heavy atom. The molecule has 1 rings (SSSR count). The van der Waals surface area contributed by atoms with Crippen molar-refractivity contribution >= 4 is 13.7 Å². The summed E-state index contributed by atoms with van der Waals surface area (Å²) in [4.78, 5) is 0. The number of benzene rings is 1. The van der Waals surface area contributed by atoms with E-state index in [1.807, 2.05) is 0 Å². The van der Waals surface area contributed by atoms with Crippen molar-refractivity contribution in [3.8, 4) is 0 Å². The number of hydrogen-bond acceptors (Lipinski definition) is 2. The molecule has 0 saturated heterocycles. The average Bonchev–Trinajstić information content (AvgIpc) is 2.74. The molecule has 0 spiro atoms. The Morgan fingerprint density at radius 1 is 0.586 bits per heavy atom. The highest BCUT2D eigenvalue weighted by atomic mass is 31.2. The van der Waals surface area contributed by atoms with Crippen LogP contribution in [0.25, 0.3) is 0 Å². The van der Waals surface area contributed by atoms with Gasteiger partial charge in [0.05, 0.1) is 12.2 Å². The molecule has 29 heavy (non-hydrogen) atoms. The highest BCUT2D eigenvalue weighted by Gasteiger charge is 2.23. The molecule has 168 valence electrons. The van der Waals surface area contributed by atoms with E-state index < -0.39 is 8.38 Å². The van der Waals surface area contributed by atoms with E-state index in [2.05, 4.69) is 58.0 Å². The maximum atomic E-state index is 6.70. The van der Waals surface area contributed by atoms with Crippen LogP contribution < -0.4 is 5.30 Å². The Kier molecular flexibility index (Phi) is 16.8. The van der Waals surface area contributed by atoms with Gasteiger partial charge in [-0.3, -0.25) is 0 Å². The molecule has 0 aromatic heterocycles. The lowest BCUT2D eigenvalue weighted by molar-refractivity contribution is 0.125. The summed E-state index contributed by atoms with van der Waals surface area (Å²) in [6, 6.07) is 10.7. The largest absolute Gasteiger partial charge is 0.327 e. The Balaban J connectivity index is 2.76. The lowest BCUT2D eigenvalue weighted by Gasteiger charge is -2.28. The second-order valence-corrected chi connectivity index (χ2v) is 9.78. The third kappa shape index (κ3) is 12.8. The minimum absolute atomic E-state index is 0.325. The predicted octanol–water partition coefficient (Wildman–Crippen LogP) is 8.94. The van der Waals surface area contributed by atoms with Gasteiger partial charge in [-0.2, -0.15) is 0 Å². The standard InChI is InChI=1S/C26H47O2P/c1-5-9-11-14-20-24(18-7-3)27-29(26-22-16-13-17-23-26)28-25(19-8-4)21-15-12-10-6-2/h13,16-17,22-25H,5-12,14-15,18-21H2,1-4H3. The van der Waals surface area contributed by atoms with Gasteiger partial charge in [0, 0.05) is 5.30 Å². The van der Waals surface area contributed by atoms with Crippen molar-refractivity contribution in [2.75, 3.05) is 0 Å². The first-order valence-corrected chi connectivity index (χ1v) is 13.6. The van der Waals surface area contributed by atoms with Crippen molar-refractivity contribution in [2.45, 2.75) is 130 Å². The van der Waals surface area contributed by atoms with Gasteiger partial charge >= 0.3 is 0 Å². The lowest BCUT2D eigenvalue weighted by Crippen LogP contribution is -2.19. The molecule has 0 aliphatic carbocycles. The molecule has 0 fully saturated rings. The molecule has 3 heteroatoms. The first kappa shape index (κ1) is 26.6. The van der Waals surface area contributed by atoms with E-state index in [-0.39, 0.29) is 0 Å². The fourth-order valence-corrected chi connectivity index (χ4v) is 5.38. The normalized spacial score (nSPS) is 14.6. The molecule has 0 saturated carbocycles. The van der Waals surface area contributed by atoms with E-state index in [1.54, 1.807) is 0 Å². The lowest BCUT2D eigenvalue weighted by atomic mass is 10.1. The van der Waals surface area contributed by atoms with E-state index >= 15 is 0 Å². The molecule has 0 aliphatic heterocycles. The van der Waals surface area contributed by atoms with Crippen LogP contribution in [-0.2, 0) is 9.05 Å². The van der Waals surface area contributed by atoms with Crippen molar-refractivity contribution in [2.24, 2.45) is 0 Å². The molecule has 2 unspecified atom stereocenters. The molecule has 0 N–H and O–H groups in total. The highest BCUT2D eigenvalue weighted by molar-refractivity contribution is 7.56. The first-order chi connectivity index (χ1) is 14.2. The second kappa shape index (κ2) is 18.3. The van der Waals surface area contributed by atoms with Crippen LogP contribution in [0.3, 0.4) is 0 Å². The summed E-state index contributed by atoms with van der Waals surface area (Å²) in [6.07, 6.45) is 18.0. The average molecular weight is 423 g/mol. The number of hydrogen-bond donors (Lipinski definition) is 0. The summed E-state index contributed by atoms with van der Waals surface area (Å²) in [5.74, 6) is 0. The summed E-state index contributed by atoms with van der Waals surface area (Å²) in [6.45, 7) is 9.08. The van der Waals surface area contributed by atoms with Crippen LogP contribution in [0, 0.1) is 0 Å². The third-order valence-corrected chi connectivity index (χ3v) is 7.14. The summed E-state index contributed by atoms with van der Waals surface area (Å²) in [5.41, 5.74) is 0. The Labute approximate surface area is 183 Å². The van der Waals surface area contributed by atoms with Crippen LogP contribution in [0.5, 0.6) is 0 Å². The predicted molar refractivity (Wildman–Crippen MR) is 130 cm³/mol. The molecular formula is C26H47O2P. The van der Waals surface area contributed by atoms with Crippen LogP contribution >= 0.6 is 8.38 Å². The highest BCUT2D eigenvalue weighted by Crippen LogP contribution is 2.43. The van der Waals surface area contributed by atoms with Gasteiger partial charge in [0.15, 0.2) is 0 Å². The van der Waals surface area contributed by atoms with Crippen LogP contribution in [0.15, 0.2) is 30.3 Å². The quantitative estimate of drug-likeness (QED) is 0.164. The minimum Gasteiger partial charge on any atom is -0.327 e. The van der Waals surface area contributed by atoms with Crippen LogP contribution in [-0.4, -0.2) is 12.2 Å². The van der Waals surface area contributed by atoms with Crippen molar-refractivity contribution in [1.29, 1.82) is 0 Å². The minimum atomic E-state index is -1.01. The molecule has 0 bridgehead atoms. The van der Waals surface area contributed by atoms with Crippen molar-refractivity contribution < 1.29 is 9.05 Å². The van der Waals surface area contributed by atoms with E-state index in [1.165, 1.54) is 69.5 Å². The van der Waals surface area contributed by atoms with Gasteiger partial charge < -0.3 is 9.05 Å². The fourth-order valence-electron chi connectivity index (χ4n) is 3.71. The molecular weight excluding hydrogens is 375 g/mol. The molecule has 0 heterocycles. The monoisotopic (exact) mass is 422 g/mol. The zero-order valence-corrected chi connectivity index (χ0v) is 20.6. The van der Waals surface area contributed by atoms with E-state index in [9.17, 15) is 0 Å². The van der Waals surface area contributed by atoms with E-state index in [0.29, 0.717) is 12.2 Å². The Morgan fingerprint density at radius 2 is 1.07 bits per heavy atom. The van der Waals surface area contributed by atoms with Gasteiger partial charge in [-0.15, -0.1) is 0 Å². The first-order valence-electron chi connectivity index (χ1n) is 12.4. The molecule has 0 amide bonds. The SMILES string of the molecule is CCCCCCC(CCC)OP(OC(CCC)CCCCCC)c1ccccc1. The van der Waals surface area contributed by atoms with E-state index in [0.717, 1.165) is 25.7 Å². The van der Waals surface area contributed by atoms with Crippen LogP contribution in [0.2, 0.25) is 0 Å². The zero-order valence-electron chi connectivity index (χ0n) is 19.7. The molecule has 1 aromatic rings. The number of rotatable bonds is 19. The third-order valence-electron chi connectivity index (χ3n) is 5.44.